The molecule has 4 nitrogen and oxygen atoms in total. The molecule has 2 fully saturated rings. The quantitative estimate of drug-likeness (QED) is 0.811. The highest BCUT2D eigenvalue weighted by molar-refractivity contribution is 4.97. The number of likely N-dealkylation sites (tertiary alicyclic amines) is 1. The van der Waals surface area contributed by atoms with Crippen LogP contribution in [0.4, 0.5) is 0 Å². The SMILES string of the molecule is Cc1ccc(=O)n(CC2CN(C3CCCC3)C2)n1. The molecule has 0 unspecified atom stereocenters. The summed E-state index contributed by atoms with van der Waals surface area (Å²) >= 11 is 0. The molecule has 1 aliphatic heterocycles. The summed E-state index contributed by atoms with van der Waals surface area (Å²) in [5, 5.41) is 4.30. The van der Waals surface area contributed by atoms with E-state index in [-0.39, 0.29) is 5.56 Å². The Hall–Kier alpha value is -1.16. The predicted octanol–water partition coefficient (Wildman–Crippen LogP) is 1.43. The summed E-state index contributed by atoms with van der Waals surface area (Å²) in [6.07, 6.45) is 5.53. The highest BCUT2D eigenvalue weighted by Gasteiger charge is 2.33. The summed E-state index contributed by atoms with van der Waals surface area (Å²) < 4.78 is 1.63. The Balaban J connectivity index is 1.56. The minimum absolute atomic E-state index is 0.0277. The zero-order valence-electron chi connectivity index (χ0n) is 11.0. The zero-order chi connectivity index (χ0) is 12.5. The lowest BCUT2D eigenvalue weighted by Crippen LogP contribution is -2.53. The van der Waals surface area contributed by atoms with Gasteiger partial charge >= 0.3 is 0 Å². The molecule has 1 saturated carbocycles. The van der Waals surface area contributed by atoms with Gasteiger partial charge in [-0.25, -0.2) is 4.68 Å². The van der Waals surface area contributed by atoms with Crippen LogP contribution in [-0.2, 0) is 6.54 Å². The van der Waals surface area contributed by atoms with Gasteiger partial charge in [0.25, 0.3) is 5.56 Å². The van der Waals surface area contributed by atoms with Gasteiger partial charge in [0.1, 0.15) is 0 Å². The molecule has 1 aromatic rings. The molecule has 3 rings (SSSR count). The van der Waals surface area contributed by atoms with E-state index in [0.29, 0.717) is 5.92 Å². The molecule has 18 heavy (non-hydrogen) atoms. The van der Waals surface area contributed by atoms with Crippen molar-refractivity contribution < 1.29 is 0 Å². The maximum absolute atomic E-state index is 11.7. The second kappa shape index (κ2) is 4.84. The van der Waals surface area contributed by atoms with Crippen molar-refractivity contribution in [2.75, 3.05) is 13.1 Å². The van der Waals surface area contributed by atoms with Gasteiger partial charge in [0.2, 0.25) is 0 Å². The van der Waals surface area contributed by atoms with E-state index in [4.69, 9.17) is 0 Å². The Kier molecular flexibility index (Phi) is 3.20. The molecular weight excluding hydrogens is 226 g/mol. The van der Waals surface area contributed by atoms with Crippen molar-refractivity contribution in [3.8, 4) is 0 Å². The number of aromatic nitrogens is 2. The van der Waals surface area contributed by atoms with Crippen molar-refractivity contribution >= 4 is 0 Å². The van der Waals surface area contributed by atoms with E-state index in [0.717, 1.165) is 31.4 Å². The van der Waals surface area contributed by atoms with Crippen LogP contribution in [0.2, 0.25) is 0 Å². The van der Waals surface area contributed by atoms with Crippen molar-refractivity contribution in [3.63, 3.8) is 0 Å². The van der Waals surface area contributed by atoms with E-state index in [2.05, 4.69) is 10.00 Å². The van der Waals surface area contributed by atoms with E-state index in [9.17, 15) is 4.79 Å². The maximum atomic E-state index is 11.7. The summed E-state index contributed by atoms with van der Waals surface area (Å²) in [6, 6.07) is 4.23. The molecule has 1 saturated heterocycles. The van der Waals surface area contributed by atoms with Gasteiger partial charge in [-0.1, -0.05) is 12.8 Å². The highest BCUT2D eigenvalue weighted by Crippen LogP contribution is 2.29. The first-order valence-electron chi connectivity index (χ1n) is 7.01. The van der Waals surface area contributed by atoms with Crippen molar-refractivity contribution in [2.45, 2.75) is 45.2 Å². The fourth-order valence-electron chi connectivity index (χ4n) is 3.22. The maximum Gasteiger partial charge on any atom is 0.266 e. The monoisotopic (exact) mass is 247 g/mol. The fourth-order valence-corrected chi connectivity index (χ4v) is 3.22. The van der Waals surface area contributed by atoms with E-state index >= 15 is 0 Å². The zero-order valence-corrected chi connectivity index (χ0v) is 11.0. The molecule has 0 aromatic carbocycles. The van der Waals surface area contributed by atoms with Crippen LogP contribution >= 0.6 is 0 Å². The molecule has 2 heterocycles. The van der Waals surface area contributed by atoms with Gasteiger partial charge in [-0.2, -0.15) is 5.10 Å². The highest BCUT2D eigenvalue weighted by atomic mass is 16.1. The van der Waals surface area contributed by atoms with Gasteiger partial charge < -0.3 is 0 Å². The average Bonchev–Trinajstić information content (AvgIpc) is 2.80. The number of aryl methyl sites for hydroxylation is 1. The first-order valence-corrected chi connectivity index (χ1v) is 7.01. The third-order valence-electron chi connectivity index (χ3n) is 4.26. The Morgan fingerprint density at radius 2 is 2.00 bits per heavy atom. The molecule has 1 aliphatic carbocycles. The lowest BCUT2D eigenvalue weighted by molar-refractivity contribution is 0.0429. The molecule has 0 bridgehead atoms. The van der Waals surface area contributed by atoms with Gasteiger partial charge in [-0.15, -0.1) is 0 Å². The normalized spacial score (nSPS) is 22.3. The van der Waals surface area contributed by atoms with Gasteiger partial charge in [0.15, 0.2) is 0 Å². The second-order valence-corrected chi connectivity index (χ2v) is 5.75. The molecular formula is C14H21N3O. The molecule has 2 aliphatic rings. The van der Waals surface area contributed by atoms with Crippen LogP contribution in [-0.4, -0.2) is 33.8 Å². The molecule has 0 amide bonds. The minimum Gasteiger partial charge on any atom is -0.300 e. The van der Waals surface area contributed by atoms with Gasteiger partial charge in [-0.05, 0) is 25.8 Å². The van der Waals surface area contributed by atoms with Gasteiger partial charge in [0, 0.05) is 31.1 Å². The third-order valence-corrected chi connectivity index (χ3v) is 4.26. The van der Waals surface area contributed by atoms with Gasteiger partial charge in [-0.3, -0.25) is 9.69 Å². The van der Waals surface area contributed by atoms with Crippen LogP contribution in [0.1, 0.15) is 31.4 Å². The third kappa shape index (κ3) is 2.34. The molecule has 0 N–H and O–H groups in total. The van der Waals surface area contributed by atoms with Crippen molar-refractivity contribution in [2.24, 2.45) is 5.92 Å². The van der Waals surface area contributed by atoms with E-state index in [1.165, 1.54) is 25.7 Å². The van der Waals surface area contributed by atoms with Crippen molar-refractivity contribution in [3.05, 3.63) is 28.2 Å². The van der Waals surface area contributed by atoms with Crippen molar-refractivity contribution in [1.82, 2.24) is 14.7 Å². The smallest absolute Gasteiger partial charge is 0.266 e. The van der Waals surface area contributed by atoms with Crippen LogP contribution in [0.15, 0.2) is 16.9 Å². The topological polar surface area (TPSA) is 38.1 Å². The Morgan fingerprint density at radius 1 is 1.28 bits per heavy atom. The molecule has 1 aromatic heterocycles. The number of hydrogen-bond donors (Lipinski definition) is 0. The molecule has 4 heteroatoms. The van der Waals surface area contributed by atoms with Crippen molar-refractivity contribution in [1.29, 1.82) is 0 Å². The van der Waals surface area contributed by atoms with E-state index < -0.39 is 0 Å². The minimum atomic E-state index is 0.0277. The summed E-state index contributed by atoms with van der Waals surface area (Å²) in [7, 11) is 0. The van der Waals surface area contributed by atoms with Crippen LogP contribution in [0, 0.1) is 12.8 Å². The van der Waals surface area contributed by atoms with Crippen LogP contribution in [0.25, 0.3) is 0 Å². The predicted molar refractivity (Wildman–Crippen MR) is 70.6 cm³/mol. The largest absolute Gasteiger partial charge is 0.300 e. The average molecular weight is 247 g/mol. The first-order chi connectivity index (χ1) is 8.72. The van der Waals surface area contributed by atoms with Crippen LogP contribution in [0.3, 0.4) is 0 Å². The molecule has 0 atom stereocenters. The number of hydrogen-bond acceptors (Lipinski definition) is 3. The Morgan fingerprint density at radius 3 is 2.72 bits per heavy atom. The van der Waals surface area contributed by atoms with Crippen LogP contribution in [0.5, 0.6) is 0 Å². The standard InChI is InChI=1S/C14H21N3O/c1-11-6-7-14(18)17(15-11)10-12-8-16(9-12)13-4-2-3-5-13/h6-7,12-13H,2-5,8-10H2,1H3. The summed E-state index contributed by atoms with van der Waals surface area (Å²) in [6.45, 7) is 5.00. The Bertz CT molecular complexity index is 470. The van der Waals surface area contributed by atoms with Gasteiger partial charge in [0.05, 0.1) is 12.2 Å². The lowest BCUT2D eigenvalue weighted by Gasteiger charge is -2.43. The number of nitrogens with zero attached hydrogens (tertiary/aromatic N) is 3. The molecule has 98 valence electrons. The number of rotatable bonds is 3. The molecule has 0 radical (unpaired) electrons. The first kappa shape index (κ1) is 11.9. The lowest BCUT2D eigenvalue weighted by atomic mass is 9.97. The Labute approximate surface area is 108 Å². The van der Waals surface area contributed by atoms with Crippen LogP contribution < -0.4 is 5.56 Å². The summed E-state index contributed by atoms with van der Waals surface area (Å²) in [4.78, 5) is 14.3. The summed E-state index contributed by atoms with van der Waals surface area (Å²) in [5.41, 5.74) is 0.946. The van der Waals surface area contributed by atoms with E-state index in [1.54, 1.807) is 16.8 Å². The second-order valence-electron chi connectivity index (χ2n) is 5.75. The molecule has 0 spiro atoms. The van der Waals surface area contributed by atoms with E-state index in [1.807, 2.05) is 6.92 Å². The summed E-state index contributed by atoms with van der Waals surface area (Å²) in [5.74, 6) is 0.609. The fraction of sp³-hybridized carbons (Fsp3) is 0.714.